The third-order valence-corrected chi connectivity index (χ3v) is 4.61. The zero-order chi connectivity index (χ0) is 19.5. The number of nitrogens with one attached hydrogen (secondary N) is 1. The number of halogens is 1. The summed E-state index contributed by atoms with van der Waals surface area (Å²) in [6, 6.07) is 21.5. The van der Waals surface area contributed by atoms with Gasteiger partial charge in [0.25, 0.3) is 0 Å². The van der Waals surface area contributed by atoms with E-state index in [1.807, 2.05) is 48.5 Å². The van der Waals surface area contributed by atoms with Crippen molar-refractivity contribution in [2.75, 3.05) is 0 Å². The van der Waals surface area contributed by atoms with Crippen molar-refractivity contribution in [3.05, 3.63) is 101 Å². The van der Waals surface area contributed by atoms with Gasteiger partial charge in [0.2, 0.25) is 0 Å². The zero-order valence-electron chi connectivity index (χ0n) is 15.0. The number of hydrogen-bond acceptors (Lipinski definition) is 2. The lowest BCUT2D eigenvalue weighted by Gasteiger charge is -2.10. The van der Waals surface area contributed by atoms with E-state index in [2.05, 4.69) is 4.98 Å². The molecule has 0 saturated carbocycles. The predicted molar refractivity (Wildman–Crippen MR) is 105 cm³/mol. The number of fused-ring (bicyclic) bond motifs is 1. The minimum atomic E-state index is -1.08. The van der Waals surface area contributed by atoms with Gasteiger partial charge in [0, 0.05) is 5.39 Å². The molecule has 0 aliphatic rings. The van der Waals surface area contributed by atoms with Crippen LogP contribution in [0.3, 0.4) is 0 Å². The van der Waals surface area contributed by atoms with Crippen LogP contribution in [0, 0.1) is 5.82 Å². The number of carboxylic acid groups (broad SMARTS) is 1. The number of H-pyrrole nitrogens is 1. The number of ether oxygens (including phenoxy) is 1. The smallest absolute Gasteiger partial charge is 0.356 e. The van der Waals surface area contributed by atoms with Gasteiger partial charge in [-0.2, -0.15) is 0 Å². The monoisotopic (exact) mass is 375 g/mol. The summed E-state index contributed by atoms with van der Waals surface area (Å²) in [7, 11) is 0. The number of benzene rings is 3. The predicted octanol–water partition coefficient (Wildman–Crippen LogP) is 5.18. The fourth-order valence-corrected chi connectivity index (χ4v) is 3.28. The fourth-order valence-electron chi connectivity index (χ4n) is 3.28. The molecule has 0 radical (unpaired) electrons. The largest absolute Gasteiger partial charge is 0.486 e. The van der Waals surface area contributed by atoms with E-state index in [4.69, 9.17) is 4.74 Å². The standard InChI is InChI=1S/C23H18FNO3/c24-18-11-9-15(10-12-18)13-17-7-4-8-19-20(17)22(21(25-19)23(26)27)28-14-16-5-2-1-3-6-16/h1-12,25H,13-14H2,(H,26,27). The van der Waals surface area contributed by atoms with Gasteiger partial charge < -0.3 is 14.8 Å². The Labute approximate surface area is 161 Å². The Morgan fingerprint density at radius 2 is 1.68 bits per heavy atom. The lowest BCUT2D eigenvalue weighted by molar-refractivity contribution is 0.0686. The molecule has 0 saturated heterocycles. The van der Waals surface area contributed by atoms with E-state index in [0.717, 1.165) is 22.1 Å². The maximum atomic E-state index is 13.2. The molecule has 4 aromatic rings. The number of hydrogen-bond donors (Lipinski definition) is 2. The van der Waals surface area contributed by atoms with E-state index in [9.17, 15) is 14.3 Å². The van der Waals surface area contributed by atoms with Crippen molar-refractivity contribution < 1.29 is 19.0 Å². The molecule has 4 nitrogen and oxygen atoms in total. The summed E-state index contributed by atoms with van der Waals surface area (Å²) in [6.45, 7) is 0.263. The first kappa shape index (κ1) is 17.8. The minimum Gasteiger partial charge on any atom is -0.486 e. The normalized spacial score (nSPS) is 10.9. The molecule has 2 N–H and O–H groups in total. The van der Waals surface area contributed by atoms with Crippen LogP contribution < -0.4 is 4.74 Å². The van der Waals surface area contributed by atoms with Crippen LogP contribution >= 0.6 is 0 Å². The minimum absolute atomic E-state index is 0.0255. The second-order valence-electron chi connectivity index (χ2n) is 6.55. The number of aromatic nitrogens is 1. The van der Waals surface area contributed by atoms with Crippen LogP contribution in [0.5, 0.6) is 5.75 Å². The summed E-state index contributed by atoms with van der Waals surface area (Å²) >= 11 is 0. The molecule has 0 amide bonds. The second-order valence-corrected chi connectivity index (χ2v) is 6.55. The highest BCUT2D eigenvalue weighted by atomic mass is 19.1. The van der Waals surface area contributed by atoms with Crippen LogP contribution in [-0.2, 0) is 13.0 Å². The Morgan fingerprint density at radius 1 is 0.929 bits per heavy atom. The Bertz CT molecular complexity index is 1120. The van der Waals surface area contributed by atoms with Crippen molar-refractivity contribution in [3.63, 3.8) is 0 Å². The molecule has 140 valence electrons. The molecular weight excluding hydrogens is 357 g/mol. The van der Waals surface area contributed by atoms with Gasteiger partial charge in [0.15, 0.2) is 11.4 Å². The van der Waals surface area contributed by atoms with Crippen LogP contribution in [-0.4, -0.2) is 16.1 Å². The highest BCUT2D eigenvalue weighted by Crippen LogP contribution is 2.34. The van der Waals surface area contributed by atoms with Crippen LogP contribution in [0.15, 0.2) is 72.8 Å². The first-order valence-electron chi connectivity index (χ1n) is 8.90. The summed E-state index contributed by atoms with van der Waals surface area (Å²) in [4.78, 5) is 14.7. The van der Waals surface area contributed by atoms with Gasteiger partial charge in [-0.25, -0.2) is 9.18 Å². The van der Waals surface area contributed by atoms with Gasteiger partial charge in [-0.1, -0.05) is 54.6 Å². The summed E-state index contributed by atoms with van der Waals surface area (Å²) in [5.74, 6) is -1.04. The number of aromatic carboxylic acids is 1. The highest BCUT2D eigenvalue weighted by Gasteiger charge is 2.21. The zero-order valence-corrected chi connectivity index (χ0v) is 15.0. The third kappa shape index (κ3) is 3.60. The first-order valence-corrected chi connectivity index (χ1v) is 8.90. The third-order valence-electron chi connectivity index (χ3n) is 4.61. The van der Waals surface area contributed by atoms with Crippen molar-refractivity contribution in [1.82, 2.24) is 4.98 Å². The summed E-state index contributed by atoms with van der Waals surface area (Å²) < 4.78 is 19.2. The molecule has 0 bridgehead atoms. The molecule has 0 aliphatic carbocycles. The van der Waals surface area contributed by atoms with Crippen LogP contribution in [0.2, 0.25) is 0 Å². The van der Waals surface area contributed by atoms with Crippen molar-refractivity contribution in [3.8, 4) is 5.75 Å². The topological polar surface area (TPSA) is 62.3 Å². The van der Waals surface area contributed by atoms with Crippen molar-refractivity contribution in [2.24, 2.45) is 0 Å². The van der Waals surface area contributed by atoms with Gasteiger partial charge in [-0.05, 0) is 41.3 Å². The van der Waals surface area contributed by atoms with Gasteiger partial charge in [-0.15, -0.1) is 0 Å². The van der Waals surface area contributed by atoms with E-state index >= 15 is 0 Å². The first-order chi connectivity index (χ1) is 13.6. The van der Waals surface area contributed by atoms with Gasteiger partial charge >= 0.3 is 5.97 Å². The molecular formula is C23H18FNO3. The Hall–Kier alpha value is -3.60. The van der Waals surface area contributed by atoms with E-state index in [1.54, 1.807) is 12.1 Å². The second kappa shape index (κ2) is 7.56. The van der Waals surface area contributed by atoms with Gasteiger partial charge in [-0.3, -0.25) is 0 Å². The van der Waals surface area contributed by atoms with Crippen LogP contribution in [0.4, 0.5) is 4.39 Å². The lowest BCUT2D eigenvalue weighted by atomic mass is 10.0. The van der Waals surface area contributed by atoms with E-state index in [0.29, 0.717) is 17.7 Å². The number of carboxylic acids is 1. The molecule has 0 unspecified atom stereocenters. The highest BCUT2D eigenvalue weighted by molar-refractivity contribution is 6.01. The fraction of sp³-hybridized carbons (Fsp3) is 0.0870. The molecule has 28 heavy (non-hydrogen) atoms. The number of aromatic amines is 1. The van der Waals surface area contributed by atoms with Gasteiger partial charge in [0.1, 0.15) is 12.4 Å². The summed E-state index contributed by atoms with van der Waals surface area (Å²) in [5.41, 5.74) is 3.51. The average Bonchev–Trinajstić information content (AvgIpc) is 3.09. The quantitative estimate of drug-likeness (QED) is 0.488. The molecule has 0 fully saturated rings. The molecule has 0 spiro atoms. The molecule has 5 heteroatoms. The number of rotatable bonds is 6. The van der Waals surface area contributed by atoms with E-state index < -0.39 is 5.97 Å². The van der Waals surface area contributed by atoms with E-state index in [-0.39, 0.29) is 18.1 Å². The molecule has 1 aromatic heterocycles. The maximum Gasteiger partial charge on any atom is 0.356 e. The molecule has 0 aliphatic heterocycles. The van der Waals surface area contributed by atoms with Crippen molar-refractivity contribution >= 4 is 16.9 Å². The SMILES string of the molecule is O=C(O)c1[nH]c2cccc(Cc3ccc(F)cc3)c2c1OCc1ccccc1. The maximum absolute atomic E-state index is 13.2. The Balaban J connectivity index is 1.75. The summed E-state index contributed by atoms with van der Waals surface area (Å²) in [6.07, 6.45) is 0.538. The van der Waals surface area contributed by atoms with Crippen LogP contribution in [0.1, 0.15) is 27.2 Å². The van der Waals surface area contributed by atoms with Crippen molar-refractivity contribution in [1.29, 1.82) is 0 Å². The van der Waals surface area contributed by atoms with Crippen LogP contribution in [0.25, 0.3) is 10.9 Å². The summed E-state index contributed by atoms with van der Waals surface area (Å²) in [5, 5.41) is 10.4. The van der Waals surface area contributed by atoms with Gasteiger partial charge in [0.05, 0.1) is 5.52 Å². The lowest BCUT2D eigenvalue weighted by Crippen LogP contribution is -2.03. The Morgan fingerprint density at radius 3 is 2.39 bits per heavy atom. The molecule has 3 aromatic carbocycles. The Kier molecular flexibility index (Phi) is 4.81. The number of carbonyl (C=O) groups is 1. The molecule has 1 heterocycles. The average molecular weight is 375 g/mol. The molecule has 0 atom stereocenters. The van der Waals surface area contributed by atoms with E-state index in [1.165, 1.54) is 12.1 Å². The molecule has 4 rings (SSSR count). The van der Waals surface area contributed by atoms with Crippen molar-refractivity contribution in [2.45, 2.75) is 13.0 Å².